The van der Waals surface area contributed by atoms with E-state index in [1.54, 1.807) is 60.7 Å². The summed E-state index contributed by atoms with van der Waals surface area (Å²) < 4.78 is 15.0. The van der Waals surface area contributed by atoms with E-state index in [-0.39, 0.29) is 0 Å². The molecule has 0 amide bonds. The number of hydrogen-bond acceptors (Lipinski definition) is 0. The minimum atomic E-state index is -3.28. The van der Waals surface area contributed by atoms with Crippen LogP contribution in [-0.4, -0.2) is 32.1 Å². The topological polar surface area (TPSA) is 0 Å². The molecule has 0 nitrogen and oxygen atoms in total. The third-order valence-electron chi connectivity index (χ3n) is 17.1. The third kappa shape index (κ3) is 0.132. The molecule has 10 aliphatic rings. The molecule has 10 saturated heterocycles. The maximum atomic E-state index is 2.61. The second kappa shape index (κ2) is 1.05. The van der Waals surface area contributed by atoms with Crippen molar-refractivity contribution < 1.29 is 7.72 Å². The molecule has 0 aromatic carbocycles. The Labute approximate surface area is 119 Å². The van der Waals surface area contributed by atoms with Crippen LogP contribution in [0, 0.1) is 0 Å². The van der Waals surface area contributed by atoms with E-state index in [1.807, 2.05) is 0 Å². The van der Waals surface area contributed by atoms with Crippen molar-refractivity contribution in [2.75, 3.05) is 24.6 Å². The zero-order valence-corrected chi connectivity index (χ0v) is 17.2. The fraction of sp³-hybridized carbons (Fsp3) is 1.00. The Morgan fingerprint density at radius 1 is 0.619 bits per heavy atom. The SMILES string of the molecule is CCP(CC)[C]12[CH]3[CH]4[CH]5[C]1(P(CC)CC)[Ru]43521678[CH]2[CH]1[CH]6[CH]7[CH]28. The van der Waals surface area contributed by atoms with Crippen LogP contribution < -0.4 is 0 Å². The van der Waals surface area contributed by atoms with Gasteiger partial charge in [0.05, 0.1) is 0 Å². The molecular weight excluding hydrogens is 379 g/mol. The number of fused-ring (bicyclic) bond motifs is 10. The summed E-state index contributed by atoms with van der Waals surface area (Å²) in [4.78, 5) is 0. The summed E-state index contributed by atoms with van der Waals surface area (Å²) in [6.45, 7) is 10.4. The van der Waals surface area contributed by atoms with E-state index in [0.29, 0.717) is 15.8 Å². The van der Waals surface area contributed by atoms with Gasteiger partial charge in [-0.15, -0.1) is 0 Å². The molecule has 0 N–H and O–H groups in total. The van der Waals surface area contributed by atoms with Crippen LogP contribution in [0.1, 0.15) is 27.7 Å². The van der Waals surface area contributed by atoms with E-state index in [4.69, 9.17) is 0 Å². The molecule has 118 valence electrons. The molecule has 0 aromatic rings. The first kappa shape index (κ1) is 10.5. The molecule has 0 radical (unpaired) electrons. The Balaban J connectivity index is 1.49. The average molecular weight is 407 g/mol. The fourth-order valence-electron chi connectivity index (χ4n) is 19.5. The molecule has 0 aromatic heterocycles. The van der Waals surface area contributed by atoms with Crippen molar-refractivity contribution in [3.05, 3.63) is 0 Å². The summed E-state index contributed by atoms with van der Waals surface area (Å²) in [6.07, 6.45) is 6.51. The van der Waals surface area contributed by atoms with Gasteiger partial charge in [0, 0.05) is 0 Å². The molecular formula is C18H28P2Ru. The molecule has 0 aliphatic carbocycles. The summed E-state index contributed by atoms with van der Waals surface area (Å²) >= 11 is 0. The van der Waals surface area contributed by atoms with Crippen LogP contribution in [0.5, 0.6) is 0 Å². The predicted octanol–water partition coefficient (Wildman–Crippen LogP) is 6.23. The first-order valence-corrected chi connectivity index (χ1v) is 22.9. The van der Waals surface area contributed by atoms with Crippen LogP contribution in [0.2, 0.25) is 36.1 Å². The van der Waals surface area contributed by atoms with E-state index in [2.05, 4.69) is 27.7 Å². The average Bonchev–Trinajstić information content (AvgIpc) is 3.44. The zero-order chi connectivity index (χ0) is 13.9. The van der Waals surface area contributed by atoms with Gasteiger partial charge >= 0.3 is 120 Å². The van der Waals surface area contributed by atoms with E-state index in [9.17, 15) is 0 Å². The summed E-state index contributed by atoms with van der Waals surface area (Å²) in [6, 6.07) is 0. The molecule has 10 aliphatic heterocycles. The minimum absolute atomic E-state index is 0.458. The van der Waals surface area contributed by atoms with Crippen LogP contribution in [0.3, 0.4) is 0 Å². The van der Waals surface area contributed by atoms with Crippen LogP contribution >= 0.6 is 15.8 Å². The van der Waals surface area contributed by atoms with Gasteiger partial charge < -0.3 is 0 Å². The van der Waals surface area contributed by atoms with Crippen molar-refractivity contribution in [1.29, 1.82) is 0 Å². The van der Waals surface area contributed by atoms with Gasteiger partial charge in [-0.05, 0) is 0 Å². The standard InChI is InChI=1S/C13H23P2.C5H5.Ru/c1-5-14(6-2)12-10-9-11-13(12)15(7-3)8-4;1-2-4-5-3-1;/h9-11H,5-8H2,1-4H3;1-5H;. The molecule has 0 bridgehead atoms. The van der Waals surface area contributed by atoms with Crippen LogP contribution in [0.15, 0.2) is 0 Å². The van der Waals surface area contributed by atoms with Gasteiger partial charge in [-0.1, -0.05) is 0 Å². The van der Waals surface area contributed by atoms with Gasteiger partial charge in [0.1, 0.15) is 0 Å². The summed E-state index contributed by atoms with van der Waals surface area (Å²) in [7, 11) is -2.37. The van der Waals surface area contributed by atoms with E-state index < -0.39 is 7.72 Å². The number of rotatable bonds is 6. The molecule has 1 spiro atoms. The zero-order valence-electron chi connectivity index (χ0n) is 13.7. The Morgan fingerprint density at radius 2 is 0.952 bits per heavy atom. The summed E-state index contributed by atoms with van der Waals surface area (Å²) in [5, 5.41) is 0. The van der Waals surface area contributed by atoms with Crippen molar-refractivity contribution in [2.24, 2.45) is 0 Å². The number of hydrogen-bond donors (Lipinski definition) is 0. The first-order chi connectivity index (χ1) is 9.98. The molecule has 10 heterocycles. The quantitative estimate of drug-likeness (QED) is 0.361. The third-order valence-corrected chi connectivity index (χ3v) is 104. The van der Waals surface area contributed by atoms with Crippen molar-refractivity contribution in [2.45, 2.75) is 71.3 Å². The van der Waals surface area contributed by atoms with E-state index in [0.717, 1.165) is 0 Å². The van der Waals surface area contributed by atoms with Gasteiger partial charge in [-0.25, -0.2) is 0 Å². The van der Waals surface area contributed by atoms with Crippen LogP contribution in [0.25, 0.3) is 0 Å². The maximum absolute atomic E-state index is 3.28. The molecule has 10 rings (SSSR count). The molecule has 10 fully saturated rings. The molecule has 0 saturated carbocycles. The summed E-state index contributed by atoms with van der Waals surface area (Å²) in [5.41, 5.74) is 0. The van der Waals surface area contributed by atoms with Crippen molar-refractivity contribution in [1.82, 2.24) is 0 Å². The predicted molar refractivity (Wildman–Crippen MR) is 91.5 cm³/mol. The summed E-state index contributed by atoms with van der Waals surface area (Å²) in [5.74, 6) is 0. The Kier molecular flexibility index (Phi) is 0.525. The van der Waals surface area contributed by atoms with Gasteiger partial charge in [0.25, 0.3) is 0 Å². The van der Waals surface area contributed by atoms with Gasteiger partial charge in [0.2, 0.25) is 0 Å². The second-order valence-corrected chi connectivity index (χ2v) is 56.0. The Bertz CT molecular complexity index is 964. The van der Waals surface area contributed by atoms with Crippen LogP contribution in [0.4, 0.5) is 0 Å². The van der Waals surface area contributed by atoms with Crippen molar-refractivity contribution >= 4 is 15.8 Å². The normalized spacial score (nSPS) is 103. The first-order valence-electron chi connectivity index (χ1n) is 9.69. The fourth-order valence-corrected chi connectivity index (χ4v) is 201. The molecule has 4 atom stereocenters. The second-order valence-electron chi connectivity index (χ2n) is 12.0. The van der Waals surface area contributed by atoms with E-state index in [1.165, 1.54) is 7.50 Å². The van der Waals surface area contributed by atoms with Crippen molar-refractivity contribution in [3.8, 4) is 0 Å². The van der Waals surface area contributed by atoms with Crippen LogP contribution in [-0.2, 0) is 7.72 Å². The Hall–Kier alpha value is 1.48. The van der Waals surface area contributed by atoms with Gasteiger partial charge in [0.15, 0.2) is 0 Å². The Morgan fingerprint density at radius 3 is 1.14 bits per heavy atom. The molecule has 21 heavy (non-hydrogen) atoms. The molecule has 4 unspecified atom stereocenters. The van der Waals surface area contributed by atoms with Gasteiger partial charge in [-0.3, -0.25) is 0 Å². The molecule has 3 heteroatoms. The van der Waals surface area contributed by atoms with E-state index >= 15 is 0 Å². The van der Waals surface area contributed by atoms with Crippen molar-refractivity contribution in [3.63, 3.8) is 0 Å². The van der Waals surface area contributed by atoms with Gasteiger partial charge in [-0.2, -0.15) is 0 Å². The monoisotopic (exact) mass is 408 g/mol.